The minimum atomic E-state index is -0.952. The Morgan fingerprint density at radius 2 is 1.77 bits per heavy atom. The average Bonchev–Trinajstić information content (AvgIpc) is 2.95. The highest BCUT2D eigenvalue weighted by atomic mass is 16.4. The smallest absolute Gasteiger partial charge is 0.335 e. The number of carboxylic acids is 1. The zero-order valence-electron chi connectivity index (χ0n) is 11.6. The van der Waals surface area contributed by atoms with Crippen LogP contribution >= 0.6 is 0 Å². The average molecular weight is 297 g/mol. The van der Waals surface area contributed by atoms with E-state index in [1.54, 1.807) is 18.3 Å². The van der Waals surface area contributed by atoms with E-state index in [0.29, 0.717) is 5.69 Å². The van der Waals surface area contributed by atoms with Crippen molar-refractivity contribution in [2.45, 2.75) is 0 Å². The first-order valence-electron chi connectivity index (χ1n) is 6.48. The molecule has 0 fully saturated rings. The number of hydrogen-bond donors (Lipinski definition) is 3. The molecule has 0 radical (unpaired) electrons. The number of aromatic amines is 1. The number of nitrogens with one attached hydrogen (secondary N) is 1. The molecule has 0 spiro atoms. The Labute approximate surface area is 126 Å². The van der Waals surface area contributed by atoms with Crippen molar-refractivity contribution in [2.24, 2.45) is 0 Å². The van der Waals surface area contributed by atoms with Crippen molar-refractivity contribution in [3.63, 3.8) is 0 Å². The highest BCUT2D eigenvalue weighted by Crippen LogP contribution is 2.05. The molecular weight excluding hydrogens is 282 g/mol. The van der Waals surface area contributed by atoms with Gasteiger partial charge in [-0.25, -0.2) is 9.48 Å². The van der Waals surface area contributed by atoms with Crippen molar-refractivity contribution in [3.05, 3.63) is 82.8 Å². The number of aromatic nitrogens is 2. The van der Waals surface area contributed by atoms with E-state index in [4.69, 9.17) is 10.8 Å². The number of rotatable bonds is 2. The predicted octanol–water partition coefficient (Wildman–Crippen LogP) is 2.13. The van der Waals surface area contributed by atoms with E-state index in [9.17, 15) is 9.59 Å². The molecule has 0 bridgehead atoms. The minimum Gasteiger partial charge on any atom is -0.478 e. The van der Waals surface area contributed by atoms with Crippen LogP contribution in [0.1, 0.15) is 10.4 Å². The first-order valence-corrected chi connectivity index (χ1v) is 6.48. The number of H-pyrrole nitrogens is 1. The van der Waals surface area contributed by atoms with Gasteiger partial charge in [0.25, 0.3) is 5.56 Å². The van der Waals surface area contributed by atoms with Crippen LogP contribution in [0.3, 0.4) is 0 Å². The molecule has 0 aliphatic heterocycles. The summed E-state index contributed by atoms with van der Waals surface area (Å²) in [7, 11) is 0. The fourth-order valence-corrected chi connectivity index (χ4v) is 1.77. The monoisotopic (exact) mass is 297 g/mol. The molecule has 1 heterocycles. The van der Waals surface area contributed by atoms with Crippen molar-refractivity contribution in [1.29, 1.82) is 0 Å². The van der Waals surface area contributed by atoms with Crippen molar-refractivity contribution in [3.8, 4) is 5.69 Å². The molecule has 6 heteroatoms. The van der Waals surface area contributed by atoms with Crippen molar-refractivity contribution in [2.75, 3.05) is 5.73 Å². The Morgan fingerprint density at radius 1 is 1.05 bits per heavy atom. The Hall–Kier alpha value is -3.28. The van der Waals surface area contributed by atoms with Crippen LogP contribution in [0.15, 0.2) is 71.7 Å². The summed E-state index contributed by atoms with van der Waals surface area (Å²) in [5.41, 5.74) is 6.84. The SMILES string of the molecule is Nc1cccc(C(=O)O)c1.O=c1cc[nH]n1-c1ccccc1. The lowest BCUT2D eigenvalue weighted by Crippen LogP contribution is -2.12. The first-order chi connectivity index (χ1) is 10.6. The van der Waals surface area contributed by atoms with E-state index in [1.165, 1.54) is 22.9 Å². The summed E-state index contributed by atoms with van der Waals surface area (Å²) in [6.07, 6.45) is 1.62. The number of carboxylic acid groups (broad SMARTS) is 1. The van der Waals surface area contributed by atoms with Gasteiger partial charge in [-0.1, -0.05) is 24.3 Å². The molecule has 22 heavy (non-hydrogen) atoms. The van der Waals surface area contributed by atoms with E-state index < -0.39 is 5.97 Å². The third kappa shape index (κ3) is 3.86. The van der Waals surface area contributed by atoms with Crippen LogP contribution in [0.5, 0.6) is 0 Å². The normalized spacial score (nSPS) is 9.64. The van der Waals surface area contributed by atoms with Gasteiger partial charge >= 0.3 is 5.97 Å². The molecule has 0 aliphatic carbocycles. The number of aromatic carboxylic acids is 1. The second-order valence-electron chi connectivity index (χ2n) is 4.40. The van der Waals surface area contributed by atoms with Crippen LogP contribution in [-0.2, 0) is 0 Å². The van der Waals surface area contributed by atoms with Crippen molar-refractivity contribution >= 4 is 11.7 Å². The quantitative estimate of drug-likeness (QED) is 0.631. The molecule has 0 saturated heterocycles. The van der Waals surface area contributed by atoms with Crippen molar-refractivity contribution < 1.29 is 9.90 Å². The molecule has 6 nitrogen and oxygen atoms in total. The topological polar surface area (TPSA) is 101 Å². The molecule has 0 aliphatic rings. The lowest BCUT2D eigenvalue weighted by molar-refractivity contribution is 0.0697. The minimum absolute atomic E-state index is 0.0406. The zero-order valence-corrected chi connectivity index (χ0v) is 11.6. The summed E-state index contributed by atoms with van der Waals surface area (Å²) in [5, 5.41) is 11.3. The van der Waals surface area contributed by atoms with Gasteiger partial charge in [-0.05, 0) is 30.3 Å². The number of benzene rings is 2. The summed E-state index contributed by atoms with van der Waals surface area (Å²) in [4.78, 5) is 21.4. The number of nitrogen functional groups attached to an aromatic ring is 1. The van der Waals surface area contributed by atoms with E-state index in [1.807, 2.05) is 30.3 Å². The molecule has 0 saturated carbocycles. The summed E-state index contributed by atoms with van der Waals surface area (Å²) in [6.45, 7) is 0. The molecule has 0 atom stereocenters. The van der Waals surface area contributed by atoms with E-state index >= 15 is 0 Å². The van der Waals surface area contributed by atoms with E-state index in [2.05, 4.69) is 5.10 Å². The molecule has 112 valence electrons. The molecule has 3 rings (SSSR count). The standard InChI is InChI=1S/C9H8N2O.C7H7NO2/c12-9-6-7-10-11(9)8-4-2-1-3-5-8;8-6-3-1-2-5(4-6)7(9)10/h1-7,10H;1-4H,8H2,(H,9,10). The van der Waals surface area contributed by atoms with Crippen molar-refractivity contribution in [1.82, 2.24) is 9.78 Å². The first kappa shape index (κ1) is 15.1. The van der Waals surface area contributed by atoms with E-state index in [0.717, 1.165) is 5.69 Å². The number of nitrogens with two attached hydrogens (primary N) is 1. The highest BCUT2D eigenvalue weighted by Gasteiger charge is 1.99. The van der Waals surface area contributed by atoms with Gasteiger partial charge in [-0.2, -0.15) is 0 Å². The van der Waals surface area contributed by atoms with Crippen LogP contribution in [-0.4, -0.2) is 20.9 Å². The number of carbonyl (C=O) groups is 1. The van der Waals surface area contributed by atoms with Gasteiger partial charge in [-0.3, -0.25) is 9.89 Å². The molecule has 1 aromatic heterocycles. The van der Waals surface area contributed by atoms with Gasteiger partial charge < -0.3 is 10.8 Å². The van der Waals surface area contributed by atoms with Gasteiger partial charge in [0.05, 0.1) is 11.3 Å². The number of anilines is 1. The van der Waals surface area contributed by atoms with Gasteiger partial charge in [0.2, 0.25) is 0 Å². The number of para-hydroxylation sites is 1. The third-order valence-corrected chi connectivity index (χ3v) is 2.80. The van der Waals surface area contributed by atoms with Gasteiger partial charge in [-0.15, -0.1) is 0 Å². The number of nitrogens with zero attached hydrogens (tertiary/aromatic N) is 1. The van der Waals surface area contributed by atoms with Crippen LogP contribution in [0.25, 0.3) is 5.69 Å². The van der Waals surface area contributed by atoms with Gasteiger partial charge in [0.15, 0.2) is 0 Å². The summed E-state index contributed by atoms with van der Waals surface area (Å²) < 4.78 is 1.49. The van der Waals surface area contributed by atoms with Gasteiger partial charge in [0.1, 0.15) is 0 Å². The predicted molar refractivity (Wildman–Crippen MR) is 84.2 cm³/mol. The van der Waals surface area contributed by atoms with Gasteiger partial charge in [0, 0.05) is 18.0 Å². The highest BCUT2D eigenvalue weighted by molar-refractivity contribution is 5.88. The maximum atomic E-state index is 11.2. The lowest BCUT2D eigenvalue weighted by atomic mass is 10.2. The molecule has 0 amide bonds. The maximum Gasteiger partial charge on any atom is 0.335 e. The fourth-order valence-electron chi connectivity index (χ4n) is 1.77. The molecular formula is C16H15N3O3. The second kappa shape index (κ2) is 6.94. The fraction of sp³-hybridized carbons (Fsp3) is 0. The second-order valence-corrected chi connectivity index (χ2v) is 4.40. The Balaban J connectivity index is 0.000000164. The zero-order chi connectivity index (χ0) is 15.9. The molecule has 4 N–H and O–H groups in total. The summed E-state index contributed by atoms with van der Waals surface area (Å²) in [6, 6.07) is 17.1. The summed E-state index contributed by atoms with van der Waals surface area (Å²) >= 11 is 0. The molecule has 0 unspecified atom stereocenters. The Kier molecular flexibility index (Phi) is 4.77. The Morgan fingerprint density at radius 3 is 2.27 bits per heavy atom. The van der Waals surface area contributed by atoms with Crippen LogP contribution in [0.2, 0.25) is 0 Å². The Bertz CT molecular complexity index is 807. The van der Waals surface area contributed by atoms with E-state index in [-0.39, 0.29) is 11.1 Å². The van der Waals surface area contributed by atoms with Crippen LogP contribution in [0, 0.1) is 0 Å². The summed E-state index contributed by atoms with van der Waals surface area (Å²) in [5.74, 6) is -0.952. The number of hydrogen-bond acceptors (Lipinski definition) is 3. The third-order valence-electron chi connectivity index (χ3n) is 2.80. The lowest BCUT2D eigenvalue weighted by Gasteiger charge is -1.98. The molecule has 2 aromatic carbocycles. The maximum absolute atomic E-state index is 11.2. The molecule has 3 aromatic rings. The largest absolute Gasteiger partial charge is 0.478 e. The van der Waals surface area contributed by atoms with Crippen LogP contribution < -0.4 is 11.3 Å². The van der Waals surface area contributed by atoms with Crippen LogP contribution in [0.4, 0.5) is 5.69 Å².